The van der Waals surface area contributed by atoms with Crippen molar-refractivity contribution in [3.8, 4) is 22.8 Å². The molecule has 6 nitrogen and oxygen atoms in total. The van der Waals surface area contributed by atoms with Crippen molar-refractivity contribution < 1.29 is 23.8 Å². The van der Waals surface area contributed by atoms with Gasteiger partial charge in [-0.1, -0.05) is 23.2 Å². The van der Waals surface area contributed by atoms with Crippen molar-refractivity contribution in [3.05, 3.63) is 63.8 Å². The third kappa shape index (κ3) is 4.09. The van der Waals surface area contributed by atoms with E-state index in [1.54, 1.807) is 30.3 Å². The second-order valence-corrected chi connectivity index (χ2v) is 6.61. The highest BCUT2D eigenvalue weighted by molar-refractivity contribution is 6.36. The molecule has 1 heterocycles. The number of anilines is 1. The Morgan fingerprint density at radius 3 is 2.54 bits per heavy atom. The van der Waals surface area contributed by atoms with Gasteiger partial charge in [-0.2, -0.15) is 0 Å². The number of ether oxygens (including phenoxy) is 2. The largest absolute Gasteiger partial charge is 0.496 e. The van der Waals surface area contributed by atoms with E-state index in [1.807, 2.05) is 0 Å². The number of rotatable bonds is 6. The van der Waals surface area contributed by atoms with Gasteiger partial charge in [-0.25, -0.2) is 0 Å². The molecule has 0 aliphatic carbocycles. The van der Waals surface area contributed by atoms with Crippen LogP contribution in [0.2, 0.25) is 10.0 Å². The lowest BCUT2D eigenvalue weighted by molar-refractivity contribution is 0.102. The summed E-state index contributed by atoms with van der Waals surface area (Å²) in [5.41, 5.74) is 1.33. The number of carbonyl (C=O) groups excluding carboxylic acids is 1. The van der Waals surface area contributed by atoms with Gasteiger partial charge in [0.05, 0.1) is 30.4 Å². The zero-order chi connectivity index (χ0) is 20.3. The SMILES string of the molecule is COc1ccc(NC(=O)c2cc(Cl)cc(Cl)c2OC)cc1-c1ccc(CO)o1. The Morgan fingerprint density at radius 2 is 1.89 bits per heavy atom. The molecule has 8 heteroatoms. The van der Waals surface area contributed by atoms with Gasteiger partial charge in [0.25, 0.3) is 5.91 Å². The standard InChI is InChI=1S/C20H17Cl2NO5/c1-26-17-5-3-12(9-14(17)18-6-4-13(10-24)28-18)23-20(25)15-7-11(21)8-16(22)19(15)27-2/h3-9,24H,10H2,1-2H3,(H,23,25). The maximum atomic E-state index is 12.8. The number of hydrogen-bond acceptors (Lipinski definition) is 5. The maximum absolute atomic E-state index is 12.8. The summed E-state index contributed by atoms with van der Waals surface area (Å²) in [5, 5.41) is 12.5. The van der Waals surface area contributed by atoms with Crippen LogP contribution in [0.15, 0.2) is 46.9 Å². The molecular weight excluding hydrogens is 405 g/mol. The lowest BCUT2D eigenvalue weighted by atomic mass is 10.1. The minimum Gasteiger partial charge on any atom is -0.496 e. The summed E-state index contributed by atoms with van der Waals surface area (Å²) in [7, 11) is 2.96. The Labute approximate surface area is 171 Å². The predicted molar refractivity (Wildman–Crippen MR) is 108 cm³/mol. The predicted octanol–water partition coefficient (Wildman–Crippen LogP) is 5.02. The first-order valence-corrected chi connectivity index (χ1v) is 8.94. The van der Waals surface area contributed by atoms with Crippen LogP contribution < -0.4 is 14.8 Å². The molecule has 0 bridgehead atoms. The highest BCUT2D eigenvalue weighted by atomic mass is 35.5. The first-order valence-electron chi connectivity index (χ1n) is 8.19. The van der Waals surface area contributed by atoms with Crippen LogP contribution in [-0.4, -0.2) is 25.2 Å². The first kappa shape index (κ1) is 20.1. The van der Waals surface area contributed by atoms with Gasteiger partial charge in [0.2, 0.25) is 0 Å². The van der Waals surface area contributed by atoms with E-state index >= 15 is 0 Å². The molecule has 146 valence electrons. The number of benzene rings is 2. The Balaban J connectivity index is 1.95. The van der Waals surface area contributed by atoms with E-state index in [0.29, 0.717) is 33.5 Å². The summed E-state index contributed by atoms with van der Waals surface area (Å²) in [6.07, 6.45) is 0. The molecule has 1 amide bonds. The average Bonchev–Trinajstić information content (AvgIpc) is 3.16. The quantitative estimate of drug-likeness (QED) is 0.584. The van der Waals surface area contributed by atoms with Crippen LogP contribution in [0.1, 0.15) is 16.1 Å². The van der Waals surface area contributed by atoms with E-state index in [2.05, 4.69) is 5.32 Å². The molecule has 0 fully saturated rings. The third-order valence-electron chi connectivity index (χ3n) is 4.00. The topological polar surface area (TPSA) is 80.9 Å². The number of hydrogen-bond donors (Lipinski definition) is 2. The monoisotopic (exact) mass is 421 g/mol. The van der Waals surface area contributed by atoms with E-state index < -0.39 is 5.91 Å². The lowest BCUT2D eigenvalue weighted by Gasteiger charge is -2.13. The summed E-state index contributed by atoms with van der Waals surface area (Å²) in [4.78, 5) is 12.8. The van der Waals surface area contributed by atoms with Crippen molar-refractivity contribution in [3.63, 3.8) is 0 Å². The van der Waals surface area contributed by atoms with Crippen LogP contribution in [-0.2, 0) is 6.61 Å². The molecule has 1 aromatic heterocycles. The normalized spacial score (nSPS) is 10.6. The van der Waals surface area contributed by atoms with Gasteiger partial charge in [0, 0.05) is 10.7 Å². The van der Waals surface area contributed by atoms with Crippen LogP contribution in [0.3, 0.4) is 0 Å². The molecule has 2 N–H and O–H groups in total. The van der Waals surface area contributed by atoms with E-state index in [-0.39, 0.29) is 22.9 Å². The van der Waals surface area contributed by atoms with Crippen molar-refractivity contribution in [2.75, 3.05) is 19.5 Å². The van der Waals surface area contributed by atoms with Gasteiger partial charge in [-0.15, -0.1) is 0 Å². The van der Waals surface area contributed by atoms with E-state index in [9.17, 15) is 9.90 Å². The molecule has 3 aromatic rings. The Morgan fingerprint density at radius 1 is 1.11 bits per heavy atom. The Hall–Kier alpha value is -2.67. The van der Waals surface area contributed by atoms with Crippen LogP contribution in [0.25, 0.3) is 11.3 Å². The van der Waals surface area contributed by atoms with Crippen molar-refractivity contribution in [1.82, 2.24) is 0 Å². The van der Waals surface area contributed by atoms with Crippen molar-refractivity contribution in [2.24, 2.45) is 0 Å². The van der Waals surface area contributed by atoms with Gasteiger partial charge in [-0.3, -0.25) is 4.79 Å². The number of furan rings is 1. The molecule has 28 heavy (non-hydrogen) atoms. The molecular formula is C20H17Cl2NO5. The molecule has 0 aliphatic heterocycles. The van der Waals surface area contributed by atoms with E-state index in [1.165, 1.54) is 26.4 Å². The first-order chi connectivity index (χ1) is 13.5. The van der Waals surface area contributed by atoms with Crippen molar-refractivity contribution in [1.29, 1.82) is 0 Å². The van der Waals surface area contributed by atoms with Gasteiger partial charge in [0.15, 0.2) is 0 Å². The summed E-state index contributed by atoms with van der Waals surface area (Å²) in [5.74, 6) is 1.27. The molecule has 0 atom stereocenters. The number of carbonyl (C=O) groups is 1. The smallest absolute Gasteiger partial charge is 0.259 e. The minimum atomic E-state index is -0.437. The summed E-state index contributed by atoms with van der Waals surface area (Å²) >= 11 is 12.1. The molecule has 0 aliphatic rings. The van der Waals surface area contributed by atoms with Gasteiger partial charge in [-0.05, 0) is 42.5 Å². The summed E-state index contributed by atoms with van der Waals surface area (Å²) < 4.78 is 16.2. The van der Waals surface area contributed by atoms with Crippen molar-refractivity contribution in [2.45, 2.75) is 6.61 Å². The second-order valence-electron chi connectivity index (χ2n) is 5.76. The molecule has 0 spiro atoms. The summed E-state index contributed by atoms with van der Waals surface area (Å²) in [6, 6.07) is 11.5. The van der Waals surface area contributed by atoms with Gasteiger partial charge in [0.1, 0.15) is 29.6 Å². The average molecular weight is 422 g/mol. The number of aliphatic hydroxyl groups is 1. The zero-order valence-electron chi connectivity index (χ0n) is 15.1. The van der Waals surface area contributed by atoms with Gasteiger partial charge < -0.3 is 24.3 Å². The summed E-state index contributed by atoms with van der Waals surface area (Å²) in [6.45, 7) is -0.214. The zero-order valence-corrected chi connectivity index (χ0v) is 16.6. The number of methoxy groups -OCH3 is 2. The lowest BCUT2D eigenvalue weighted by Crippen LogP contribution is -2.13. The maximum Gasteiger partial charge on any atom is 0.259 e. The van der Waals surface area contributed by atoms with E-state index in [4.69, 9.17) is 37.1 Å². The van der Waals surface area contributed by atoms with Crippen molar-refractivity contribution >= 4 is 34.8 Å². The molecule has 2 aromatic carbocycles. The Kier molecular flexibility index (Phi) is 6.14. The minimum absolute atomic E-state index is 0.206. The second kappa shape index (κ2) is 8.56. The fraction of sp³-hybridized carbons (Fsp3) is 0.150. The fourth-order valence-corrected chi connectivity index (χ4v) is 3.29. The molecule has 0 saturated carbocycles. The molecule has 0 radical (unpaired) electrons. The number of amides is 1. The highest BCUT2D eigenvalue weighted by Crippen LogP contribution is 2.35. The van der Waals surface area contributed by atoms with Crippen LogP contribution in [0.4, 0.5) is 5.69 Å². The Bertz CT molecular complexity index is 1020. The molecule has 3 rings (SSSR count). The van der Waals surface area contributed by atoms with E-state index in [0.717, 1.165) is 0 Å². The molecule has 0 unspecified atom stereocenters. The van der Waals surface area contributed by atoms with Crippen LogP contribution in [0.5, 0.6) is 11.5 Å². The van der Waals surface area contributed by atoms with Crippen LogP contribution >= 0.6 is 23.2 Å². The number of aliphatic hydroxyl groups excluding tert-OH is 1. The molecule has 0 saturated heterocycles. The van der Waals surface area contributed by atoms with Crippen LogP contribution in [0, 0.1) is 0 Å². The highest BCUT2D eigenvalue weighted by Gasteiger charge is 2.18. The third-order valence-corrected chi connectivity index (χ3v) is 4.50. The van der Waals surface area contributed by atoms with Gasteiger partial charge >= 0.3 is 0 Å². The number of halogens is 2. The fourth-order valence-electron chi connectivity index (χ4n) is 2.72. The number of nitrogens with one attached hydrogen (secondary N) is 1.